The molecule has 0 heterocycles. The molecule has 1 fully saturated rings. The third-order valence-electron chi connectivity index (χ3n) is 3.25. The quantitative estimate of drug-likeness (QED) is 0.870. The molecule has 1 saturated carbocycles. The van der Waals surface area contributed by atoms with Crippen molar-refractivity contribution in [3.63, 3.8) is 0 Å². The number of nitrogens with two attached hydrogens (primary N) is 1. The van der Waals surface area contributed by atoms with Crippen molar-refractivity contribution in [2.45, 2.75) is 31.7 Å². The Kier molecular flexibility index (Phi) is 5.22. The Hall–Kier alpha value is -0.120. The minimum absolute atomic E-state index is 0. The highest BCUT2D eigenvalue weighted by molar-refractivity contribution is 9.10. The van der Waals surface area contributed by atoms with E-state index in [-0.39, 0.29) is 24.3 Å². The zero-order chi connectivity index (χ0) is 10.8. The van der Waals surface area contributed by atoms with Crippen molar-refractivity contribution < 1.29 is 4.39 Å². The van der Waals surface area contributed by atoms with Gasteiger partial charge in [-0.05, 0) is 40.8 Å². The van der Waals surface area contributed by atoms with Gasteiger partial charge in [0.15, 0.2) is 0 Å². The highest BCUT2D eigenvalue weighted by Crippen LogP contribution is 2.36. The first-order valence-corrected chi connectivity index (χ1v) is 6.19. The van der Waals surface area contributed by atoms with Crippen LogP contribution in [-0.4, -0.2) is 0 Å². The molecule has 0 amide bonds. The first-order valence-electron chi connectivity index (χ1n) is 5.39. The van der Waals surface area contributed by atoms with Gasteiger partial charge in [-0.15, -0.1) is 12.4 Å². The van der Waals surface area contributed by atoms with Gasteiger partial charge in [0.2, 0.25) is 0 Å². The zero-order valence-corrected chi connectivity index (χ0v) is 11.4. The van der Waals surface area contributed by atoms with Crippen LogP contribution in [0.1, 0.15) is 37.3 Å². The van der Waals surface area contributed by atoms with E-state index >= 15 is 0 Å². The van der Waals surface area contributed by atoms with Gasteiger partial charge in [-0.1, -0.05) is 25.0 Å². The van der Waals surface area contributed by atoms with E-state index in [1.54, 1.807) is 12.1 Å². The van der Waals surface area contributed by atoms with Crippen molar-refractivity contribution in [2.75, 3.05) is 0 Å². The van der Waals surface area contributed by atoms with Crippen LogP contribution in [0, 0.1) is 11.7 Å². The fraction of sp³-hybridized carbons (Fsp3) is 0.500. The average Bonchev–Trinajstić information content (AvgIpc) is 2.74. The summed E-state index contributed by atoms with van der Waals surface area (Å²) in [6.07, 6.45) is 4.72. The second-order valence-corrected chi connectivity index (χ2v) is 5.07. The Labute approximate surface area is 110 Å². The van der Waals surface area contributed by atoms with Gasteiger partial charge in [-0.25, -0.2) is 4.39 Å². The lowest BCUT2D eigenvalue weighted by Gasteiger charge is -2.20. The smallest absolute Gasteiger partial charge is 0.142 e. The third-order valence-corrected chi connectivity index (χ3v) is 3.86. The lowest BCUT2D eigenvalue weighted by molar-refractivity contribution is 0.428. The molecule has 0 bridgehead atoms. The maximum Gasteiger partial charge on any atom is 0.142 e. The summed E-state index contributed by atoms with van der Waals surface area (Å²) >= 11 is 3.19. The molecule has 1 aromatic carbocycles. The van der Waals surface area contributed by atoms with Gasteiger partial charge in [0.25, 0.3) is 0 Å². The van der Waals surface area contributed by atoms with Gasteiger partial charge >= 0.3 is 0 Å². The van der Waals surface area contributed by atoms with Gasteiger partial charge in [-0.2, -0.15) is 0 Å². The fourth-order valence-corrected chi connectivity index (χ4v) is 2.73. The van der Waals surface area contributed by atoms with Crippen LogP contribution in [0.25, 0.3) is 0 Å². The Balaban J connectivity index is 0.00000128. The lowest BCUT2D eigenvalue weighted by atomic mass is 9.92. The molecule has 0 radical (unpaired) electrons. The van der Waals surface area contributed by atoms with Crippen molar-refractivity contribution in [1.82, 2.24) is 0 Å². The van der Waals surface area contributed by atoms with Crippen LogP contribution in [0.4, 0.5) is 4.39 Å². The van der Waals surface area contributed by atoms with E-state index < -0.39 is 0 Å². The first kappa shape index (κ1) is 13.9. The van der Waals surface area contributed by atoms with Gasteiger partial charge in [-0.3, -0.25) is 0 Å². The van der Waals surface area contributed by atoms with E-state index in [0.717, 1.165) is 12.8 Å². The summed E-state index contributed by atoms with van der Waals surface area (Å²) < 4.78 is 14.3. The monoisotopic (exact) mass is 307 g/mol. The Morgan fingerprint density at radius 2 is 1.94 bits per heavy atom. The molecular formula is C12H16BrClFN. The van der Waals surface area contributed by atoms with Gasteiger partial charge < -0.3 is 5.73 Å². The standard InChI is InChI=1S/C12H15BrFN.ClH/c13-10-7-3-6-9(11(10)14)12(15)8-4-1-2-5-8;/h3,6-8,12H,1-2,4-5,15H2;1H/t12-;/m1./s1. The number of hydrogen-bond acceptors (Lipinski definition) is 1. The molecule has 1 aromatic rings. The van der Waals surface area contributed by atoms with Gasteiger partial charge in [0.05, 0.1) is 4.47 Å². The topological polar surface area (TPSA) is 26.0 Å². The highest BCUT2D eigenvalue weighted by Gasteiger charge is 2.25. The predicted molar refractivity (Wildman–Crippen MR) is 70.2 cm³/mol. The van der Waals surface area contributed by atoms with Crippen LogP contribution >= 0.6 is 28.3 Å². The molecule has 1 atom stereocenters. The number of benzene rings is 1. The predicted octanol–water partition coefficient (Wildman–Crippen LogP) is 4.20. The Morgan fingerprint density at radius 1 is 1.31 bits per heavy atom. The molecule has 0 aliphatic heterocycles. The molecular weight excluding hydrogens is 292 g/mol. The SMILES string of the molecule is Cl.N[C@@H](c1cccc(Br)c1F)C1CCCC1. The molecule has 90 valence electrons. The molecule has 0 aromatic heterocycles. The normalized spacial score (nSPS) is 18.2. The summed E-state index contributed by atoms with van der Waals surface area (Å²) in [6, 6.07) is 5.20. The minimum Gasteiger partial charge on any atom is -0.324 e. The molecule has 1 aliphatic carbocycles. The molecule has 1 aliphatic rings. The average molecular weight is 309 g/mol. The zero-order valence-electron chi connectivity index (χ0n) is 8.96. The molecule has 1 nitrogen and oxygen atoms in total. The molecule has 2 rings (SSSR count). The molecule has 0 saturated heterocycles. The number of hydrogen-bond donors (Lipinski definition) is 1. The maximum absolute atomic E-state index is 13.8. The van der Waals surface area contributed by atoms with Crippen LogP contribution in [0.3, 0.4) is 0 Å². The Morgan fingerprint density at radius 3 is 2.56 bits per heavy atom. The summed E-state index contributed by atoms with van der Waals surface area (Å²) in [4.78, 5) is 0. The van der Waals surface area contributed by atoms with Crippen LogP contribution < -0.4 is 5.73 Å². The lowest BCUT2D eigenvalue weighted by Crippen LogP contribution is -2.20. The summed E-state index contributed by atoms with van der Waals surface area (Å²) in [5.74, 6) is 0.255. The van der Waals surface area contributed by atoms with Crippen LogP contribution in [-0.2, 0) is 0 Å². The van der Waals surface area contributed by atoms with E-state index in [2.05, 4.69) is 15.9 Å². The summed E-state index contributed by atoms with van der Waals surface area (Å²) in [7, 11) is 0. The van der Waals surface area contributed by atoms with E-state index in [9.17, 15) is 4.39 Å². The maximum atomic E-state index is 13.8. The second-order valence-electron chi connectivity index (χ2n) is 4.21. The highest BCUT2D eigenvalue weighted by atomic mass is 79.9. The van der Waals surface area contributed by atoms with E-state index in [4.69, 9.17) is 5.73 Å². The summed E-state index contributed by atoms with van der Waals surface area (Å²) in [5, 5.41) is 0. The van der Waals surface area contributed by atoms with E-state index in [0.29, 0.717) is 16.0 Å². The van der Waals surface area contributed by atoms with Crippen LogP contribution in [0.15, 0.2) is 22.7 Å². The van der Waals surface area contributed by atoms with Crippen LogP contribution in [0.5, 0.6) is 0 Å². The Bertz CT molecular complexity index is 353. The van der Waals surface area contributed by atoms with Crippen molar-refractivity contribution in [3.8, 4) is 0 Å². The fourth-order valence-electron chi connectivity index (χ4n) is 2.35. The molecule has 4 heteroatoms. The number of halogens is 3. The van der Waals surface area contributed by atoms with Crippen molar-refractivity contribution in [2.24, 2.45) is 11.7 Å². The van der Waals surface area contributed by atoms with Crippen molar-refractivity contribution >= 4 is 28.3 Å². The van der Waals surface area contributed by atoms with Gasteiger partial charge in [0.1, 0.15) is 5.82 Å². The number of rotatable bonds is 2. The summed E-state index contributed by atoms with van der Waals surface area (Å²) in [6.45, 7) is 0. The molecule has 16 heavy (non-hydrogen) atoms. The van der Waals surface area contributed by atoms with E-state index in [1.807, 2.05) is 6.07 Å². The van der Waals surface area contributed by atoms with Crippen molar-refractivity contribution in [1.29, 1.82) is 0 Å². The van der Waals surface area contributed by atoms with E-state index in [1.165, 1.54) is 12.8 Å². The molecule has 0 spiro atoms. The van der Waals surface area contributed by atoms with Crippen molar-refractivity contribution in [3.05, 3.63) is 34.1 Å². The van der Waals surface area contributed by atoms with Crippen LogP contribution in [0.2, 0.25) is 0 Å². The van der Waals surface area contributed by atoms with Gasteiger partial charge in [0, 0.05) is 11.6 Å². The summed E-state index contributed by atoms with van der Waals surface area (Å²) in [5.41, 5.74) is 6.76. The largest absolute Gasteiger partial charge is 0.324 e. The molecule has 0 unspecified atom stereocenters. The minimum atomic E-state index is -0.197. The first-order chi connectivity index (χ1) is 7.20. The second kappa shape index (κ2) is 5.99. The third kappa shape index (κ3) is 2.76. The molecule has 2 N–H and O–H groups in total.